The maximum absolute atomic E-state index is 13.1. The maximum Gasteiger partial charge on any atom is 0.326 e. The minimum absolute atomic E-state index is 0.0324. The largest absolute Gasteiger partial charge is 0.496 e. The second-order valence-corrected chi connectivity index (χ2v) is 8.96. The van der Waals surface area contributed by atoms with Gasteiger partial charge in [0.2, 0.25) is 5.91 Å². The molecule has 0 unspecified atom stereocenters. The number of anilines is 1. The van der Waals surface area contributed by atoms with Gasteiger partial charge in [-0.2, -0.15) is 0 Å². The Kier molecular flexibility index (Phi) is 8.10. The van der Waals surface area contributed by atoms with Gasteiger partial charge in [-0.25, -0.2) is 4.79 Å². The van der Waals surface area contributed by atoms with Gasteiger partial charge in [0.15, 0.2) is 0 Å². The predicted octanol–water partition coefficient (Wildman–Crippen LogP) is 4.06. The average molecular weight is 520 g/mol. The Balaban J connectivity index is 1.47. The molecule has 10 nitrogen and oxygen atoms in total. The second-order valence-electron chi connectivity index (χ2n) is 8.96. The summed E-state index contributed by atoms with van der Waals surface area (Å²) in [6, 6.07) is 17.2. The molecule has 0 bridgehead atoms. The summed E-state index contributed by atoms with van der Waals surface area (Å²) >= 11 is 0. The number of non-ortho nitro benzene ring substituents is 1. The van der Waals surface area contributed by atoms with E-state index in [1.165, 1.54) is 12.1 Å². The van der Waals surface area contributed by atoms with Crippen LogP contribution in [-0.2, 0) is 16.0 Å². The van der Waals surface area contributed by atoms with Crippen molar-refractivity contribution in [2.75, 3.05) is 25.7 Å². The Bertz CT molecular complexity index is 1290. The first-order valence-corrected chi connectivity index (χ1v) is 12.2. The summed E-state index contributed by atoms with van der Waals surface area (Å²) in [5, 5.41) is 23.5. The first-order valence-electron chi connectivity index (χ1n) is 12.2. The number of rotatable bonds is 10. The average Bonchev–Trinajstić information content (AvgIpc) is 3.43. The number of ether oxygens (including phenoxy) is 2. The molecule has 0 radical (unpaired) electrons. The van der Waals surface area contributed by atoms with Crippen molar-refractivity contribution in [3.05, 3.63) is 82.4 Å². The van der Waals surface area contributed by atoms with Crippen LogP contribution >= 0.6 is 0 Å². The number of nitro groups is 1. The summed E-state index contributed by atoms with van der Waals surface area (Å²) in [7, 11) is 3.17. The first kappa shape index (κ1) is 26.5. The van der Waals surface area contributed by atoms with Gasteiger partial charge in [0.25, 0.3) is 5.69 Å². The van der Waals surface area contributed by atoms with Crippen molar-refractivity contribution in [1.29, 1.82) is 0 Å². The molecule has 0 aromatic heterocycles. The van der Waals surface area contributed by atoms with Gasteiger partial charge >= 0.3 is 5.97 Å². The molecule has 1 fully saturated rings. The van der Waals surface area contributed by atoms with Crippen molar-refractivity contribution >= 4 is 23.3 Å². The van der Waals surface area contributed by atoms with Crippen LogP contribution in [0.1, 0.15) is 18.4 Å². The SMILES string of the molecule is COc1cccc(OC)c1-c1ccc(C[C@H](NC(=O)[C@@H]2CCCN2c2ccc([N+](=O)[O-])cc2)C(=O)O)cc1. The Morgan fingerprint density at radius 2 is 1.68 bits per heavy atom. The molecular formula is C28H29N3O7. The number of methoxy groups -OCH3 is 2. The fraction of sp³-hybridized carbons (Fsp3) is 0.286. The lowest BCUT2D eigenvalue weighted by molar-refractivity contribution is -0.384. The zero-order valence-electron chi connectivity index (χ0n) is 21.1. The molecule has 198 valence electrons. The zero-order valence-corrected chi connectivity index (χ0v) is 21.1. The number of carboxylic acid groups (broad SMARTS) is 1. The van der Waals surface area contributed by atoms with Crippen LogP contribution in [0.4, 0.5) is 11.4 Å². The molecule has 1 aliphatic rings. The van der Waals surface area contributed by atoms with E-state index in [1.807, 2.05) is 47.4 Å². The van der Waals surface area contributed by atoms with Gasteiger partial charge in [-0.15, -0.1) is 0 Å². The Hall–Kier alpha value is -4.60. The summed E-state index contributed by atoms with van der Waals surface area (Å²) in [5.41, 5.74) is 3.04. The predicted molar refractivity (Wildman–Crippen MR) is 142 cm³/mol. The summed E-state index contributed by atoms with van der Waals surface area (Å²) in [5.74, 6) is -0.207. The highest BCUT2D eigenvalue weighted by Crippen LogP contribution is 2.38. The highest BCUT2D eigenvalue weighted by molar-refractivity contribution is 5.90. The molecule has 0 spiro atoms. The first-order chi connectivity index (χ1) is 18.3. The van der Waals surface area contributed by atoms with E-state index < -0.39 is 23.0 Å². The zero-order chi connectivity index (χ0) is 27.2. The van der Waals surface area contributed by atoms with Crippen LogP contribution in [0, 0.1) is 10.1 Å². The monoisotopic (exact) mass is 519 g/mol. The molecule has 0 aliphatic carbocycles. The van der Waals surface area contributed by atoms with Gasteiger partial charge in [0.1, 0.15) is 23.6 Å². The lowest BCUT2D eigenvalue weighted by Crippen LogP contribution is -2.50. The smallest absolute Gasteiger partial charge is 0.326 e. The third kappa shape index (κ3) is 5.69. The molecule has 1 aliphatic heterocycles. The van der Waals surface area contributed by atoms with Crippen molar-refractivity contribution in [2.45, 2.75) is 31.3 Å². The third-order valence-corrected chi connectivity index (χ3v) is 6.67. The van der Waals surface area contributed by atoms with Crippen LogP contribution < -0.4 is 19.7 Å². The number of aliphatic carboxylic acids is 1. The molecule has 2 atom stereocenters. The van der Waals surface area contributed by atoms with Crippen LogP contribution in [0.2, 0.25) is 0 Å². The molecule has 3 aromatic carbocycles. The Morgan fingerprint density at radius 3 is 2.24 bits per heavy atom. The Labute approximate surface area is 219 Å². The molecule has 1 saturated heterocycles. The number of carbonyl (C=O) groups excluding carboxylic acids is 1. The lowest BCUT2D eigenvalue weighted by Gasteiger charge is -2.27. The normalized spacial score (nSPS) is 15.5. The highest BCUT2D eigenvalue weighted by Gasteiger charge is 2.33. The number of nitro benzene ring substituents is 1. The number of amides is 1. The van der Waals surface area contributed by atoms with Gasteiger partial charge in [-0.3, -0.25) is 14.9 Å². The molecule has 4 rings (SSSR count). The van der Waals surface area contributed by atoms with Crippen molar-refractivity contribution in [3.63, 3.8) is 0 Å². The fourth-order valence-corrected chi connectivity index (χ4v) is 4.76. The van der Waals surface area contributed by atoms with Gasteiger partial charge in [-0.1, -0.05) is 30.3 Å². The van der Waals surface area contributed by atoms with Gasteiger partial charge in [-0.05, 0) is 48.2 Å². The van der Waals surface area contributed by atoms with E-state index in [2.05, 4.69) is 5.32 Å². The van der Waals surface area contributed by atoms with Crippen LogP contribution in [0.15, 0.2) is 66.7 Å². The van der Waals surface area contributed by atoms with E-state index in [0.29, 0.717) is 30.2 Å². The molecular weight excluding hydrogens is 490 g/mol. The topological polar surface area (TPSA) is 131 Å². The third-order valence-electron chi connectivity index (χ3n) is 6.67. The summed E-state index contributed by atoms with van der Waals surface area (Å²) in [6.07, 6.45) is 1.42. The summed E-state index contributed by atoms with van der Waals surface area (Å²) < 4.78 is 11.0. The molecule has 1 amide bonds. The minimum atomic E-state index is -1.13. The number of nitrogens with zero attached hydrogens (tertiary/aromatic N) is 2. The van der Waals surface area contributed by atoms with Crippen molar-refractivity contribution in [1.82, 2.24) is 5.32 Å². The molecule has 1 heterocycles. The molecule has 10 heteroatoms. The fourth-order valence-electron chi connectivity index (χ4n) is 4.76. The van der Waals surface area contributed by atoms with Gasteiger partial charge in [0, 0.05) is 30.8 Å². The van der Waals surface area contributed by atoms with Crippen LogP contribution in [-0.4, -0.2) is 54.8 Å². The quantitative estimate of drug-likeness (QED) is 0.303. The number of hydrogen-bond donors (Lipinski definition) is 2. The molecule has 3 aromatic rings. The van der Waals surface area contributed by atoms with Crippen LogP contribution in [0.25, 0.3) is 11.1 Å². The number of carboxylic acids is 1. The standard InChI is InChI=1S/C28H29N3O7/c1-37-24-6-3-7-25(38-2)26(24)19-10-8-18(9-11-19)17-22(28(33)34)29-27(32)23-5-4-16-30(23)20-12-14-21(15-13-20)31(35)36/h3,6-15,22-23H,4-5,16-17H2,1-2H3,(H,29,32)(H,33,34)/t22-,23-/m0/s1. The van der Waals surface area contributed by atoms with E-state index in [4.69, 9.17) is 9.47 Å². The van der Waals surface area contributed by atoms with Gasteiger partial charge < -0.3 is 24.8 Å². The van der Waals surface area contributed by atoms with Crippen molar-refractivity contribution < 1.29 is 29.1 Å². The van der Waals surface area contributed by atoms with Crippen LogP contribution in [0.5, 0.6) is 11.5 Å². The maximum atomic E-state index is 13.1. The highest BCUT2D eigenvalue weighted by atomic mass is 16.6. The number of hydrogen-bond acceptors (Lipinski definition) is 7. The second kappa shape index (κ2) is 11.6. The molecule has 0 saturated carbocycles. The molecule has 2 N–H and O–H groups in total. The Morgan fingerprint density at radius 1 is 1.05 bits per heavy atom. The summed E-state index contributed by atoms with van der Waals surface area (Å²) in [6.45, 7) is 0.599. The lowest BCUT2D eigenvalue weighted by atomic mass is 9.99. The van der Waals surface area contributed by atoms with E-state index in [0.717, 1.165) is 23.1 Å². The summed E-state index contributed by atoms with van der Waals surface area (Å²) in [4.78, 5) is 37.5. The van der Waals surface area contributed by atoms with E-state index >= 15 is 0 Å². The molecule has 38 heavy (non-hydrogen) atoms. The number of benzene rings is 3. The van der Waals surface area contributed by atoms with Crippen molar-refractivity contribution in [2.24, 2.45) is 0 Å². The minimum Gasteiger partial charge on any atom is -0.496 e. The number of carbonyl (C=O) groups is 2. The number of nitrogens with one attached hydrogen (secondary N) is 1. The van der Waals surface area contributed by atoms with E-state index in [-0.39, 0.29) is 18.0 Å². The van der Waals surface area contributed by atoms with E-state index in [1.54, 1.807) is 26.4 Å². The van der Waals surface area contributed by atoms with E-state index in [9.17, 15) is 24.8 Å². The van der Waals surface area contributed by atoms with Gasteiger partial charge in [0.05, 0.1) is 24.7 Å². The van der Waals surface area contributed by atoms with Crippen molar-refractivity contribution in [3.8, 4) is 22.6 Å². The van der Waals surface area contributed by atoms with Crippen LogP contribution in [0.3, 0.4) is 0 Å².